The largest absolute Gasteiger partial charge is 0.353 e. The number of aryl methyl sites for hydroxylation is 1. The van der Waals surface area contributed by atoms with Crippen molar-refractivity contribution in [3.05, 3.63) is 22.3 Å². The number of rotatable bonds is 4. The van der Waals surface area contributed by atoms with Gasteiger partial charge in [-0.3, -0.25) is 4.90 Å². The van der Waals surface area contributed by atoms with Crippen molar-refractivity contribution in [2.75, 3.05) is 44.2 Å². The van der Waals surface area contributed by atoms with Gasteiger partial charge in [-0.1, -0.05) is 0 Å². The summed E-state index contributed by atoms with van der Waals surface area (Å²) in [5, 5.41) is 0. The molecule has 1 fully saturated rings. The summed E-state index contributed by atoms with van der Waals surface area (Å²) < 4.78 is 1.13. The average Bonchev–Trinajstić information content (AvgIpc) is 2.40. The van der Waals surface area contributed by atoms with E-state index in [0.717, 1.165) is 56.0 Å². The molecule has 0 spiro atoms. The molecule has 0 radical (unpaired) electrons. The van der Waals surface area contributed by atoms with Crippen molar-refractivity contribution in [2.24, 2.45) is 5.73 Å². The Bertz CT molecular complexity index is 389. The summed E-state index contributed by atoms with van der Waals surface area (Å²) in [6.45, 7) is 8.29. The van der Waals surface area contributed by atoms with Gasteiger partial charge in [-0.2, -0.15) is 0 Å². The van der Waals surface area contributed by atoms with Crippen LogP contribution in [0.4, 0.5) is 5.82 Å². The first-order chi connectivity index (χ1) is 8.72. The molecule has 5 heteroatoms. The number of anilines is 1. The average molecular weight is 313 g/mol. The second kappa shape index (κ2) is 6.50. The number of nitrogens with two attached hydrogens (primary N) is 1. The highest BCUT2D eigenvalue weighted by atomic mass is 79.9. The molecule has 0 aromatic carbocycles. The zero-order chi connectivity index (χ0) is 13.0. The maximum absolute atomic E-state index is 5.55. The number of halogens is 1. The van der Waals surface area contributed by atoms with E-state index in [0.29, 0.717) is 0 Å². The number of pyridine rings is 1. The third kappa shape index (κ3) is 3.22. The smallest absolute Gasteiger partial charge is 0.143 e. The van der Waals surface area contributed by atoms with Crippen LogP contribution < -0.4 is 10.6 Å². The van der Waals surface area contributed by atoms with Gasteiger partial charge in [0.2, 0.25) is 0 Å². The minimum Gasteiger partial charge on any atom is -0.353 e. The first kappa shape index (κ1) is 13.8. The molecular weight excluding hydrogens is 292 g/mol. The molecule has 0 bridgehead atoms. The topological polar surface area (TPSA) is 45.4 Å². The van der Waals surface area contributed by atoms with Crippen LogP contribution in [0.3, 0.4) is 0 Å². The van der Waals surface area contributed by atoms with E-state index in [4.69, 9.17) is 5.73 Å². The summed E-state index contributed by atoms with van der Waals surface area (Å²) in [7, 11) is 0. The van der Waals surface area contributed by atoms with E-state index in [2.05, 4.69) is 37.6 Å². The number of hydrogen-bond acceptors (Lipinski definition) is 4. The summed E-state index contributed by atoms with van der Waals surface area (Å²) in [5.74, 6) is 1.08. The maximum atomic E-state index is 5.55. The quantitative estimate of drug-likeness (QED) is 0.917. The predicted molar refractivity (Wildman–Crippen MR) is 79.0 cm³/mol. The lowest BCUT2D eigenvalue weighted by Crippen LogP contribution is -2.47. The predicted octanol–water partition coefficient (Wildman–Crippen LogP) is 1.62. The Balaban J connectivity index is 1.95. The van der Waals surface area contributed by atoms with Gasteiger partial charge in [0, 0.05) is 32.4 Å². The van der Waals surface area contributed by atoms with Crippen LogP contribution in [-0.4, -0.2) is 49.2 Å². The highest BCUT2D eigenvalue weighted by molar-refractivity contribution is 9.10. The van der Waals surface area contributed by atoms with Crippen molar-refractivity contribution in [1.29, 1.82) is 0 Å². The van der Waals surface area contributed by atoms with Crippen molar-refractivity contribution in [3.8, 4) is 0 Å². The van der Waals surface area contributed by atoms with Gasteiger partial charge in [0.05, 0.1) is 4.47 Å². The third-order valence-corrected chi connectivity index (χ3v) is 4.39. The molecule has 0 amide bonds. The molecule has 4 nitrogen and oxygen atoms in total. The molecular formula is C13H21BrN4. The second-order valence-electron chi connectivity index (χ2n) is 4.74. The van der Waals surface area contributed by atoms with Gasteiger partial charge in [0.25, 0.3) is 0 Å². The molecule has 2 rings (SSSR count). The van der Waals surface area contributed by atoms with Gasteiger partial charge < -0.3 is 10.6 Å². The van der Waals surface area contributed by atoms with Crippen molar-refractivity contribution in [3.63, 3.8) is 0 Å². The molecule has 1 aromatic rings. The van der Waals surface area contributed by atoms with Gasteiger partial charge in [0.15, 0.2) is 0 Å². The van der Waals surface area contributed by atoms with Gasteiger partial charge in [-0.15, -0.1) is 0 Å². The SMILES string of the molecule is Cc1ccnc(N2CCN(CCCN)CC2)c1Br. The second-order valence-corrected chi connectivity index (χ2v) is 5.53. The first-order valence-corrected chi connectivity index (χ1v) is 7.30. The highest BCUT2D eigenvalue weighted by Gasteiger charge is 2.19. The van der Waals surface area contributed by atoms with Crippen molar-refractivity contribution in [1.82, 2.24) is 9.88 Å². The zero-order valence-electron chi connectivity index (χ0n) is 10.9. The molecule has 0 atom stereocenters. The molecule has 2 N–H and O–H groups in total. The van der Waals surface area contributed by atoms with Crippen LogP contribution >= 0.6 is 15.9 Å². The monoisotopic (exact) mass is 312 g/mol. The van der Waals surface area contributed by atoms with Gasteiger partial charge in [-0.25, -0.2) is 4.98 Å². The number of hydrogen-bond donors (Lipinski definition) is 1. The van der Waals surface area contributed by atoms with E-state index in [1.54, 1.807) is 0 Å². The Morgan fingerprint density at radius 1 is 1.33 bits per heavy atom. The Kier molecular flexibility index (Phi) is 4.97. The van der Waals surface area contributed by atoms with Crippen LogP contribution in [-0.2, 0) is 0 Å². The molecule has 2 heterocycles. The van der Waals surface area contributed by atoms with Gasteiger partial charge in [-0.05, 0) is 54.0 Å². The molecule has 0 unspecified atom stereocenters. The van der Waals surface area contributed by atoms with Crippen LogP contribution in [0.15, 0.2) is 16.7 Å². The zero-order valence-corrected chi connectivity index (χ0v) is 12.5. The lowest BCUT2D eigenvalue weighted by Gasteiger charge is -2.35. The van der Waals surface area contributed by atoms with Crippen LogP contribution in [0.5, 0.6) is 0 Å². The minimum absolute atomic E-state index is 0.783. The van der Waals surface area contributed by atoms with E-state index < -0.39 is 0 Å². The van der Waals surface area contributed by atoms with E-state index in [9.17, 15) is 0 Å². The van der Waals surface area contributed by atoms with Crippen LogP contribution in [0.2, 0.25) is 0 Å². The highest BCUT2D eigenvalue weighted by Crippen LogP contribution is 2.27. The normalized spacial score (nSPS) is 17.2. The van der Waals surface area contributed by atoms with Crippen molar-refractivity contribution in [2.45, 2.75) is 13.3 Å². The molecule has 0 aliphatic carbocycles. The fourth-order valence-electron chi connectivity index (χ4n) is 2.24. The number of nitrogens with zero attached hydrogens (tertiary/aromatic N) is 3. The number of piperazine rings is 1. The standard InChI is InChI=1S/C13H21BrN4/c1-11-3-5-16-13(12(11)14)18-9-7-17(8-10-18)6-2-4-15/h3,5H,2,4,6-10,15H2,1H3. The Labute approximate surface area is 117 Å². The summed E-state index contributed by atoms with van der Waals surface area (Å²) in [6, 6.07) is 2.03. The Morgan fingerprint density at radius 3 is 2.72 bits per heavy atom. The van der Waals surface area contributed by atoms with Crippen LogP contribution in [0.1, 0.15) is 12.0 Å². The molecule has 1 aromatic heterocycles. The summed E-state index contributed by atoms with van der Waals surface area (Å²) >= 11 is 3.64. The Hall–Kier alpha value is -0.650. The molecule has 1 aliphatic heterocycles. The summed E-state index contributed by atoms with van der Waals surface area (Å²) in [4.78, 5) is 9.33. The Morgan fingerprint density at radius 2 is 2.06 bits per heavy atom. The van der Waals surface area contributed by atoms with E-state index in [-0.39, 0.29) is 0 Å². The molecule has 0 saturated carbocycles. The van der Waals surface area contributed by atoms with E-state index in [1.165, 1.54) is 5.56 Å². The first-order valence-electron chi connectivity index (χ1n) is 6.51. The number of aromatic nitrogens is 1. The summed E-state index contributed by atoms with van der Waals surface area (Å²) in [5.41, 5.74) is 6.79. The van der Waals surface area contributed by atoms with E-state index in [1.807, 2.05) is 12.3 Å². The minimum atomic E-state index is 0.783. The maximum Gasteiger partial charge on any atom is 0.143 e. The van der Waals surface area contributed by atoms with Gasteiger partial charge in [0.1, 0.15) is 5.82 Å². The lowest BCUT2D eigenvalue weighted by atomic mass is 10.2. The lowest BCUT2D eigenvalue weighted by molar-refractivity contribution is 0.256. The van der Waals surface area contributed by atoms with Gasteiger partial charge >= 0.3 is 0 Å². The molecule has 1 saturated heterocycles. The molecule has 100 valence electrons. The van der Waals surface area contributed by atoms with Crippen LogP contribution in [0.25, 0.3) is 0 Å². The van der Waals surface area contributed by atoms with Crippen LogP contribution in [0, 0.1) is 6.92 Å². The summed E-state index contributed by atoms with van der Waals surface area (Å²) in [6.07, 6.45) is 2.97. The molecule has 1 aliphatic rings. The molecule has 18 heavy (non-hydrogen) atoms. The van der Waals surface area contributed by atoms with E-state index >= 15 is 0 Å². The third-order valence-electron chi connectivity index (χ3n) is 3.41. The van der Waals surface area contributed by atoms with Crippen molar-refractivity contribution >= 4 is 21.7 Å². The van der Waals surface area contributed by atoms with Crippen molar-refractivity contribution < 1.29 is 0 Å². The fourth-order valence-corrected chi connectivity index (χ4v) is 2.73. The fraction of sp³-hybridized carbons (Fsp3) is 0.615.